The van der Waals surface area contributed by atoms with Gasteiger partial charge in [0.1, 0.15) is 0 Å². The smallest absolute Gasteiger partial charge is 0.252 e. The largest absolute Gasteiger partial charge is 0.351 e. The summed E-state index contributed by atoms with van der Waals surface area (Å²) in [4.78, 5) is 12.2. The van der Waals surface area contributed by atoms with Crippen LogP contribution >= 0.6 is 27.5 Å². The molecule has 20 heavy (non-hydrogen) atoms. The number of carbonyl (C=O) groups is 1. The van der Waals surface area contributed by atoms with Crippen LogP contribution in [-0.2, 0) is 0 Å². The van der Waals surface area contributed by atoms with Gasteiger partial charge in [0.25, 0.3) is 5.91 Å². The maximum atomic E-state index is 12.2. The predicted octanol–water partition coefficient (Wildman–Crippen LogP) is 5.44. The number of carbonyl (C=O) groups excluding carboxylic acids is 1. The average Bonchev–Trinajstić information content (AvgIpc) is 2.39. The van der Waals surface area contributed by atoms with E-state index in [2.05, 4.69) is 42.0 Å². The number of benzene rings is 1. The van der Waals surface area contributed by atoms with Crippen molar-refractivity contribution in [3.05, 3.63) is 33.3 Å². The first-order valence-corrected chi connectivity index (χ1v) is 8.26. The highest BCUT2D eigenvalue weighted by Gasteiger charge is 2.19. The van der Waals surface area contributed by atoms with E-state index >= 15 is 0 Å². The molecule has 0 fully saturated rings. The Hall–Kier alpha value is -0.540. The molecule has 1 amide bonds. The Morgan fingerprint density at radius 3 is 2.70 bits per heavy atom. The molecule has 2 nitrogen and oxygen atoms in total. The normalized spacial score (nSPS) is 11.4. The van der Waals surface area contributed by atoms with Crippen molar-refractivity contribution in [2.24, 2.45) is 5.41 Å². The van der Waals surface area contributed by atoms with Crippen LogP contribution in [0.3, 0.4) is 0 Å². The van der Waals surface area contributed by atoms with Crippen LogP contribution in [0, 0.1) is 5.41 Å². The summed E-state index contributed by atoms with van der Waals surface area (Å²) in [5.41, 5.74) is 0.633. The molecule has 0 radical (unpaired) electrons. The van der Waals surface area contributed by atoms with Crippen LogP contribution in [-0.4, -0.2) is 12.5 Å². The summed E-state index contributed by atoms with van der Waals surface area (Å²) in [7, 11) is 0. The second kappa shape index (κ2) is 8.04. The Balaban J connectivity index is 2.56. The standard InChI is InChI=1S/C16H23BrClNO/c1-4-5-6-9-16(2,3)11-19-15(20)13-10-12(17)7-8-14(13)18/h7-8,10H,4-6,9,11H2,1-3H3,(H,19,20). The van der Waals surface area contributed by atoms with Gasteiger partial charge in [0, 0.05) is 11.0 Å². The van der Waals surface area contributed by atoms with Crippen molar-refractivity contribution in [2.75, 3.05) is 6.54 Å². The maximum Gasteiger partial charge on any atom is 0.252 e. The molecule has 0 aliphatic rings. The summed E-state index contributed by atoms with van der Waals surface area (Å²) in [6.07, 6.45) is 4.79. The first-order valence-electron chi connectivity index (χ1n) is 7.09. The lowest BCUT2D eigenvalue weighted by Gasteiger charge is -2.25. The highest BCUT2D eigenvalue weighted by Crippen LogP contribution is 2.24. The summed E-state index contributed by atoms with van der Waals surface area (Å²) in [6, 6.07) is 5.31. The van der Waals surface area contributed by atoms with Gasteiger partial charge in [-0.05, 0) is 30.0 Å². The SMILES string of the molecule is CCCCCC(C)(C)CNC(=O)c1cc(Br)ccc1Cl. The quantitative estimate of drug-likeness (QED) is 0.645. The number of halogens is 2. The topological polar surface area (TPSA) is 29.1 Å². The van der Waals surface area contributed by atoms with E-state index in [1.807, 2.05) is 6.07 Å². The van der Waals surface area contributed by atoms with Crippen LogP contribution in [0.5, 0.6) is 0 Å². The summed E-state index contributed by atoms with van der Waals surface area (Å²) < 4.78 is 0.856. The molecule has 1 aromatic carbocycles. The van der Waals surface area contributed by atoms with Crippen molar-refractivity contribution < 1.29 is 4.79 Å². The van der Waals surface area contributed by atoms with Gasteiger partial charge < -0.3 is 5.32 Å². The minimum atomic E-state index is -0.111. The van der Waals surface area contributed by atoms with E-state index in [0.29, 0.717) is 17.1 Å². The van der Waals surface area contributed by atoms with Crippen LogP contribution in [0.1, 0.15) is 56.8 Å². The highest BCUT2D eigenvalue weighted by atomic mass is 79.9. The van der Waals surface area contributed by atoms with Gasteiger partial charge in [0.05, 0.1) is 10.6 Å². The van der Waals surface area contributed by atoms with Crippen molar-refractivity contribution in [3.8, 4) is 0 Å². The zero-order valence-corrected chi connectivity index (χ0v) is 14.8. The fraction of sp³-hybridized carbons (Fsp3) is 0.562. The molecular formula is C16H23BrClNO. The minimum absolute atomic E-state index is 0.111. The number of nitrogens with one attached hydrogen (secondary N) is 1. The lowest BCUT2D eigenvalue weighted by molar-refractivity contribution is 0.0934. The van der Waals surface area contributed by atoms with Gasteiger partial charge in [-0.2, -0.15) is 0 Å². The number of amides is 1. The van der Waals surface area contributed by atoms with Crippen LogP contribution in [0.2, 0.25) is 5.02 Å². The van der Waals surface area contributed by atoms with Gasteiger partial charge in [-0.3, -0.25) is 4.79 Å². The number of hydrogen-bond donors (Lipinski definition) is 1. The van der Waals surface area contributed by atoms with E-state index in [9.17, 15) is 4.79 Å². The molecule has 0 saturated heterocycles. The Bertz CT molecular complexity index is 460. The van der Waals surface area contributed by atoms with Crippen LogP contribution in [0.4, 0.5) is 0 Å². The van der Waals surface area contributed by atoms with Gasteiger partial charge in [0.15, 0.2) is 0 Å². The van der Waals surface area contributed by atoms with E-state index in [4.69, 9.17) is 11.6 Å². The first kappa shape index (κ1) is 17.5. The molecular weight excluding hydrogens is 338 g/mol. The van der Waals surface area contributed by atoms with E-state index in [1.165, 1.54) is 19.3 Å². The molecule has 1 aromatic rings. The Morgan fingerprint density at radius 2 is 2.05 bits per heavy atom. The summed E-state index contributed by atoms with van der Waals surface area (Å²) in [6.45, 7) is 7.24. The Labute approximate surface area is 135 Å². The molecule has 0 aromatic heterocycles. The van der Waals surface area contributed by atoms with Gasteiger partial charge in [-0.15, -0.1) is 0 Å². The third-order valence-corrected chi connectivity index (χ3v) is 4.18. The molecule has 112 valence electrons. The molecule has 0 saturated carbocycles. The predicted molar refractivity (Wildman–Crippen MR) is 89.4 cm³/mol. The maximum absolute atomic E-state index is 12.2. The summed E-state index contributed by atoms with van der Waals surface area (Å²) in [5.74, 6) is -0.111. The number of rotatable bonds is 7. The fourth-order valence-corrected chi connectivity index (χ4v) is 2.59. The van der Waals surface area contributed by atoms with Gasteiger partial charge >= 0.3 is 0 Å². The number of hydrogen-bond acceptors (Lipinski definition) is 1. The molecule has 0 aliphatic carbocycles. The minimum Gasteiger partial charge on any atom is -0.351 e. The third-order valence-electron chi connectivity index (χ3n) is 3.36. The molecule has 1 rings (SSSR count). The van der Waals surface area contributed by atoms with Gasteiger partial charge in [0.2, 0.25) is 0 Å². The molecule has 0 atom stereocenters. The molecule has 0 bridgehead atoms. The second-order valence-electron chi connectivity index (χ2n) is 5.93. The second-order valence-corrected chi connectivity index (χ2v) is 7.25. The van der Waals surface area contributed by atoms with Crippen molar-refractivity contribution in [1.29, 1.82) is 0 Å². The van der Waals surface area contributed by atoms with Crippen LogP contribution < -0.4 is 5.32 Å². The lowest BCUT2D eigenvalue weighted by atomic mass is 9.87. The van der Waals surface area contributed by atoms with Gasteiger partial charge in [-0.1, -0.05) is 67.6 Å². The first-order chi connectivity index (χ1) is 9.35. The average molecular weight is 361 g/mol. The zero-order chi connectivity index (χ0) is 15.2. The van der Waals surface area contributed by atoms with E-state index < -0.39 is 0 Å². The molecule has 0 heterocycles. The van der Waals surface area contributed by atoms with E-state index in [0.717, 1.165) is 10.9 Å². The van der Waals surface area contributed by atoms with E-state index in [1.54, 1.807) is 12.1 Å². The highest BCUT2D eigenvalue weighted by molar-refractivity contribution is 9.10. The van der Waals surface area contributed by atoms with Crippen molar-refractivity contribution in [1.82, 2.24) is 5.32 Å². The molecule has 0 spiro atoms. The monoisotopic (exact) mass is 359 g/mol. The lowest BCUT2D eigenvalue weighted by Crippen LogP contribution is -2.34. The fourth-order valence-electron chi connectivity index (χ4n) is 2.03. The van der Waals surface area contributed by atoms with Crippen molar-refractivity contribution in [2.45, 2.75) is 46.5 Å². The Kier molecular flexibility index (Phi) is 7.04. The molecule has 1 N–H and O–H groups in total. The summed E-state index contributed by atoms with van der Waals surface area (Å²) in [5, 5.41) is 3.47. The van der Waals surface area contributed by atoms with Crippen molar-refractivity contribution >= 4 is 33.4 Å². The van der Waals surface area contributed by atoms with Crippen LogP contribution in [0.15, 0.2) is 22.7 Å². The third kappa shape index (κ3) is 5.84. The Morgan fingerprint density at radius 1 is 1.35 bits per heavy atom. The molecule has 0 aliphatic heterocycles. The molecule has 4 heteroatoms. The summed E-state index contributed by atoms with van der Waals surface area (Å²) >= 11 is 9.42. The molecule has 0 unspecified atom stereocenters. The van der Waals surface area contributed by atoms with Crippen molar-refractivity contribution in [3.63, 3.8) is 0 Å². The number of unbranched alkanes of at least 4 members (excludes halogenated alkanes) is 2. The zero-order valence-electron chi connectivity index (χ0n) is 12.4. The van der Waals surface area contributed by atoms with E-state index in [-0.39, 0.29) is 11.3 Å². The van der Waals surface area contributed by atoms with Gasteiger partial charge in [-0.25, -0.2) is 0 Å². The van der Waals surface area contributed by atoms with Crippen LogP contribution in [0.25, 0.3) is 0 Å².